The number of hydrogen-bond donors (Lipinski definition) is 1. The second-order valence-corrected chi connectivity index (χ2v) is 10.8. The van der Waals surface area contributed by atoms with Crippen LogP contribution >= 0.6 is 11.3 Å². The van der Waals surface area contributed by atoms with Gasteiger partial charge in [-0.2, -0.15) is 5.10 Å². The van der Waals surface area contributed by atoms with Gasteiger partial charge in [-0.1, -0.05) is 25.2 Å². The SMILES string of the molecule is Cc1c(-c2[nH]c3sc(N4CCN(C5COC5)C[C@H]4C)nc3c2C(C)C)cn2ncnc2c1C. The van der Waals surface area contributed by atoms with Crippen molar-refractivity contribution in [3.63, 3.8) is 0 Å². The van der Waals surface area contributed by atoms with Crippen LogP contribution < -0.4 is 4.90 Å². The molecule has 6 heterocycles. The quantitative estimate of drug-likeness (QED) is 0.491. The lowest BCUT2D eigenvalue weighted by molar-refractivity contribution is -0.0691. The number of anilines is 1. The molecular weight excluding hydrogens is 434 g/mol. The second-order valence-electron chi connectivity index (χ2n) is 9.79. The zero-order valence-corrected chi connectivity index (χ0v) is 20.7. The van der Waals surface area contributed by atoms with Crippen molar-refractivity contribution in [2.45, 2.75) is 52.6 Å². The smallest absolute Gasteiger partial charge is 0.188 e. The van der Waals surface area contributed by atoms with Crippen molar-refractivity contribution >= 4 is 32.5 Å². The molecule has 0 amide bonds. The van der Waals surface area contributed by atoms with Crippen molar-refractivity contribution in [2.75, 3.05) is 37.7 Å². The number of ether oxygens (including phenoxy) is 1. The Kier molecular flexibility index (Phi) is 4.97. The molecule has 0 bridgehead atoms. The predicted molar refractivity (Wildman–Crippen MR) is 133 cm³/mol. The number of hydrogen-bond acceptors (Lipinski definition) is 7. The zero-order valence-electron chi connectivity index (χ0n) is 19.9. The van der Waals surface area contributed by atoms with Gasteiger partial charge in [0.05, 0.1) is 24.9 Å². The van der Waals surface area contributed by atoms with Crippen LogP contribution in [-0.2, 0) is 4.74 Å². The highest BCUT2D eigenvalue weighted by Gasteiger charge is 2.33. The van der Waals surface area contributed by atoms with E-state index in [1.807, 2.05) is 4.52 Å². The highest BCUT2D eigenvalue weighted by Crippen LogP contribution is 2.41. The molecule has 0 aliphatic carbocycles. The minimum atomic E-state index is 0.350. The molecule has 33 heavy (non-hydrogen) atoms. The fraction of sp³-hybridized carbons (Fsp3) is 0.542. The number of aromatic nitrogens is 5. The van der Waals surface area contributed by atoms with Crippen LogP contribution in [0.15, 0.2) is 12.5 Å². The molecule has 0 unspecified atom stereocenters. The molecule has 0 radical (unpaired) electrons. The van der Waals surface area contributed by atoms with E-state index in [1.165, 1.54) is 16.7 Å². The number of nitrogens with zero attached hydrogens (tertiary/aromatic N) is 6. The Hall–Kier alpha value is -2.49. The van der Waals surface area contributed by atoms with Gasteiger partial charge in [-0.05, 0) is 37.8 Å². The molecular formula is C24H31N7OS. The summed E-state index contributed by atoms with van der Waals surface area (Å²) < 4.78 is 7.28. The highest BCUT2D eigenvalue weighted by atomic mass is 32.1. The summed E-state index contributed by atoms with van der Waals surface area (Å²) in [5.41, 5.74) is 8.03. The number of H-pyrrole nitrogens is 1. The Morgan fingerprint density at radius 3 is 2.70 bits per heavy atom. The number of nitrogens with one attached hydrogen (secondary N) is 1. The molecule has 174 valence electrons. The Morgan fingerprint density at radius 1 is 1.18 bits per heavy atom. The molecule has 1 atom stereocenters. The van der Waals surface area contributed by atoms with E-state index in [0.717, 1.165) is 65.2 Å². The highest BCUT2D eigenvalue weighted by molar-refractivity contribution is 7.21. The van der Waals surface area contributed by atoms with Crippen LogP contribution in [0.5, 0.6) is 0 Å². The van der Waals surface area contributed by atoms with Crippen LogP contribution in [0.25, 0.3) is 27.3 Å². The lowest BCUT2D eigenvalue weighted by Crippen LogP contribution is -2.59. The molecule has 4 aromatic rings. The summed E-state index contributed by atoms with van der Waals surface area (Å²) in [4.78, 5) is 19.6. The number of rotatable bonds is 4. The number of aromatic amines is 1. The standard InChI is InChI=1S/C24H31N7OS/c1-13(2)19-20(18-9-31-22(25-12-26-31)16(5)15(18)4)27-23-21(19)28-24(33-23)30-7-6-29(8-14(30)3)17-10-32-11-17/h9,12-14,17,27H,6-8,10-11H2,1-5H3/t14-/m1/s1. The first kappa shape index (κ1) is 21.1. The van der Waals surface area contributed by atoms with E-state index in [9.17, 15) is 0 Å². The summed E-state index contributed by atoms with van der Waals surface area (Å²) in [7, 11) is 0. The third-order valence-corrected chi connectivity index (χ3v) is 8.40. The van der Waals surface area contributed by atoms with Crippen molar-refractivity contribution in [3.05, 3.63) is 29.2 Å². The molecule has 2 saturated heterocycles. The number of thiazole rings is 1. The van der Waals surface area contributed by atoms with Gasteiger partial charge in [0.2, 0.25) is 0 Å². The van der Waals surface area contributed by atoms with Crippen LogP contribution in [0.3, 0.4) is 0 Å². The fourth-order valence-corrected chi connectivity index (χ4v) is 6.38. The summed E-state index contributed by atoms with van der Waals surface area (Å²) >= 11 is 1.78. The van der Waals surface area contributed by atoms with Gasteiger partial charge in [-0.25, -0.2) is 14.5 Å². The Bertz CT molecular complexity index is 1330. The van der Waals surface area contributed by atoms with Gasteiger partial charge in [0.15, 0.2) is 10.8 Å². The summed E-state index contributed by atoms with van der Waals surface area (Å²) in [6.45, 7) is 16.0. The van der Waals surface area contributed by atoms with Crippen LogP contribution in [0.4, 0.5) is 5.13 Å². The predicted octanol–water partition coefficient (Wildman–Crippen LogP) is 3.98. The van der Waals surface area contributed by atoms with Gasteiger partial charge < -0.3 is 14.6 Å². The van der Waals surface area contributed by atoms with Crippen molar-refractivity contribution < 1.29 is 4.74 Å². The van der Waals surface area contributed by atoms with Gasteiger partial charge >= 0.3 is 0 Å². The van der Waals surface area contributed by atoms with Gasteiger partial charge in [0.1, 0.15) is 16.7 Å². The fourth-order valence-electron chi connectivity index (χ4n) is 5.26. The molecule has 1 N–H and O–H groups in total. The van der Waals surface area contributed by atoms with E-state index in [0.29, 0.717) is 18.0 Å². The van der Waals surface area contributed by atoms with E-state index in [4.69, 9.17) is 9.72 Å². The third-order valence-electron chi connectivity index (χ3n) is 7.39. The lowest BCUT2D eigenvalue weighted by atomic mass is 9.96. The molecule has 2 fully saturated rings. The number of piperazine rings is 1. The Balaban J connectivity index is 1.38. The van der Waals surface area contributed by atoms with Crippen molar-refractivity contribution in [1.29, 1.82) is 0 Å². The van der Waals surface area contributed by atoms with Gasteiger partial charge in [-0.15, -0.1) is 0 Å². The van der Waals surface area contributed by atoms with E-state index >= 15 is 0 Å². The summed E-state index contributed by atoms with van der Waals surface area (Å²) in [5.74, 6) is 0.350. The van der Waals surface area contributed by atoms with Gasteiger partial charge in [0, 0.05) is 43.0 Å². The second kappa shape index (κ2) is 7.78. The summed E-state index contributed by atoms with van der Waals surface area (Å²) in [6.07, 6.45) is 3.72. The van der Waals surface area contributed by atoms with Crippen molar-refractivity contribution in [3.8, 4) is 11.3 Å². The molecule has 0 saturated carbocycles. The average molecular weight is 466 g/mol. The molecule has 4 aromatic heterocycles. The largest absolute Gasteiger partial charge is 0.378 e. The van der Waals surface area contributed by atoms with Gasteiger partial charge in [0.25, 0.3) is 0 Å². The topological polar surface area (TPSA) is 74.6 Å². The molecule has 9 heteroatoms. The maximum absolute atomic E-state index is 5.40. The molecule has 2 aliphatic rings. The van der Waals surface area contributed by atoms with E-state index in [-0.39, 0.29) is 0 Å². The number of aryl methyl sites for hydroxylation is 1. The Morgan fingerprint density at radius 2 is 2.00 bits per heavy atom. The first-order valence-corrected chi connectivity index (χ1v) is 12.6. The number of pyridine rings is 1. The molecule has 8 nitrogen and oxygen atoms in total. The molecule has 2 aliphatic heterocycles. The van der Waals surface area contributed by atoms with E-state index in [2.05, 4.69) is 65.7 Å². The summed E-state index contributed by atoms with van der Waals surface area (Å²) in [6, 6.07) is 1.04. The first-order valence-electron chi connectivity index (χ1n) is 11.8. The third kappa shape index (κ3) is 3.28. The lowest BCUT2D eigenvalue weighted by Gasteiger charge is -2.45. The van der Waals surface area contributed by atoms with E-state index in [1.54, 1.807) is 17.7 Å². The zero-order chi connectivity index (χ0) is 22.9. The molecule has 0 spiro atoms. The van der Waals surface area contributed by atoms with Crippen LogP contribution in [-0.4, -0.2) is 74.4 Å². The van der Waals surface area contributed by atoms with Crippen LogP contribution in [0, 0.1) is 13.8 Å². The minimum absolute atomic E-state index is 0.350. The number of fused-ring (bicyclic) bond motifs is 2. The summed E-state index contributed by atoms with van der Waals surface area (Å²) in [5, 5.41) is 5.52. The Labute approximate surface area is 197 Å². The molecule has 0 aromatic carbocycles. The van der Waals surface area contributed by atoms with Crippen molar-refractivity contribution in [2.24, 2.45) is 0 Å². The van der Waals surface area contributed by atoms with Crippen LogP contribution in [0.2, 0.25) is 0 Å². The monoisotopic (exact) mass is 465 g/mol. The average Bonchev–Trinajstić information content (AvgIpc) is 3.43. The maximum atomic E-state index is 5.40. The normalized spacial score (nSPS) is 20.4. The van der Waals surface area contributed by atoms with Crippen molar-refractivity contribution in [1.82, 2.24) is 29.5 Å². The van der Waals surface area contributed by atoms with Gasteiger partial charge in [-0.3, -0.25) is 4.90 Å². The van der Waals surface area contributed by atoms with E-state index < -0.39 is 0 Å². The molecule has 6 rings (SSSR count). The van der Waals surface area contributed by atoms with Crippen LogP contribution in [0.1, 0.15) is 43.4 Å². The minimum Gasteiger partial charge on any atom is -0.378 e. The first-order chi connectivity index (χ1) is 15.9. The maximum Gasteiger partial charge on any atom is 0.188 e.